The van der Waals surface area contributed by atoms with E-state index in [-0.39, 0.29) is 35.8 Å². The fourth-order valence-electron chi connectivity index (χ4n) is 3.64. The van der Waals surface area contributed by atoms with Crippen LogP contribution in [0.5, 0.6) is 0 Å². The number of halogens is 1. The summed E-state index contributed by atoms with van der Waals surface area (Å²) in [6, 6.07) is 14.9. The van der Waals surface area contributed by atoms with E-state index in [4.69, 9.17) is 16.3 Å². The number of ether oxygens (including phenoxy) is 1. The van der Waals surface area contributed by atoms with E-state index in [0.717, 1.165) is 5.56 Å². The average molecular weight is 479 g/mol. The summed E-state index contributed by atoms with van der Waals surface area (Å²) < 4.78 is 32.9. The first kappa shape index (κ1) is 24.2. The minimum Gasteiger partial charge on any atom is -0.466 e. The van der Waals surface area contributed by atoms with Crippen molar-refractivity contribution in [3.8, 4) is 0 Å². The Morgan fingerprint density at radius 3 is 2.28 bits per heavy atom. The molecule has 0 atom stereocenters. The van der Waals surface area contributed by atoms with Crippen LogP contribution in [0.1, 0.15) is 25.3 Å². The summed E-state index contributed by atoms with van der Waals surface area (Å²) in [7, 11) is -3.90. The van der Waals surface area contributed by atoms with Gasteiger partial charge in [-0.3, -0.25) is 9.59 Å². The van der Waals surface area contributed by atoms with Crippen molar-refractivity contribution in [2.24, 2.45) is 5.92 Å². The number of hydrogen-bond donors (Lipinski definition) is 0. The number of benzene rings is 2. The number of likely N-dealkylation sites (tertiary alicyclic amines) is 1. The van der Waals surface area contributed by atoms with E-state index in [1.165, 1.54) is 16.4 Å². The number of nitrogens with zero attached hydrogens (tertiary/aromatic N) is 2. The summed E-state index contributed by atoms with van der Waals surface area (Å²) in [5.41, 5.74) is 0.725. The zero-order valence-electron chi connectivity index (χ0n) is 17.9. The van der Waals surface area contributed by atoms with Crippen molar-refractivity contribution in [2.45, 2.75) is 31.2 Å². The van der Waals surface area contributed by atoms with Gasteiger partial charge >= 0.3 is 5.97 Å². The van der Waals surface area contributed by atoms with Crippen LogP contribution in [0.2, 0.25) is 5.02 Å². The molecule has 2 aromatic carbocycles. The highest BCUT2D eigenvalue weighted by Gasteiger charge is 2.32. The van der Waals surface area contributed by atoms with Gasteiger partial charge in [0.15, 0.2) is 0 Å². The van der Waals surface area contributed by atoms with Crippen LogP contribution in [-0.2, 0) is 30.9 Å². The van der Waals surface area contributed by atoms with Crippen molar-refractivity contribution < 1.29 is 22.7 Å². The van der Waals surface area contributed by atoms with Crippen LogP contribution in [0.25, 0.3) is 0 Å². The monoisotopic (exact) mass is 478 g/mol. The molecule has 3 rings (SSSR count). The van der Waals surface area contributed by atoms with Gasteiger partial charge in [-0.15, -0.1) is 0 Å². The minimum absolute atomic E-state index is 0.0411. The highest BCUT2D eigenvalue weighted by atomic mass is 35.5. The van der Waals surface area contributed by atoms with Crippen molar-refractivity contribution in [1.82, 2.24) is 9.21 Å². The van der Waals surface area contributed by atoms with Crippen LogP contribution in [0.15, 0.2) is 59.5 Å². The summed E-state index contributed by atoms with van der Waals surface area (Å²) in [5, 5.41) is 0.548. The van der Waals surface area contributed by atoms with E-state index in [0.29, 0.717) is 37.6 Å². The molecule has 2 aromatic rings. The first-order valence-corrected chi connectivity index (χ1v) is 12.4. The fraction of sp³-hybridized carbons (Fsp3) is 0.391. The smallest absolute Gasteiger partial charge is 0.309 e. The highest BCUT2D eigenvalue weighted by Crippen LogP contribution is 2.22. The summed E-state index contributed by atoms with van der Waals surface area (Å²) in [6.45, 7) is 2.63. The molecule has 32 heavy (non-hydrogen) atoms. The summed E-state index contributed by atoms with van der Waals surface area (Å²) in [6.07, 6.45) is 1.01. The van der Waals surface area contributed by atoms with E-state index in [1.54, 1.807) is 54.3 Å². The third kappa shape index (κ3) is 6.09. The van der Waals surface area contributed by atoms with Gasteiger partial charge in [0.25, 0.3) is 0 Å². The van der Waals surface area contributed by atoms with Gasteiger partial charge in [-0.2, -0.15) is 4.31 Å². The second-order valence-corrected chi connectivity index (χ2v) is 9.99. The van der Waals surface area contributed by atoms with Crippen LogP contribution in [-0.4, -0.2) is 55.7 Å². The van der Waals surface area contributed by atoms with Crippen LogP contribution >= 0.6 is 11.6 Å². The second kappa shape index (κ2) is 10.9. The third-order valence-electron chi connectivity index (χ3n) is 5.43. The second-order valence-electron chi connectivity index (χ2n) is 7.62. The van der Waals surface area contributed by atoms with Crippen LogP contribution in [0, 0.1) is 5.92 Å². The number of amides is 1. The van der Waals surface area contributed by atoms with Crippen LogP contribution < -0.4 is 0 Å². The number of esters is 1. The zero-order chi connectivity index (χ0) is 23.1. The number of carbonyl (C=O) groups is 2. The van der Waals surface area contributed by atoms with Crippen molar-refractivity contribution in [2.75, 3.05) is 26.2 Å². The number of hydrogen-bond acceptors (Lipinski definition) is 5. The molecule has 1 aliphatic heterocycles. The molecule has 172 valence electrons. The van der Waals surface area contributed by atoms with E-state index < -0.39 is 10.0 Å². The third-order valence-corrected chi connectivity index (χ3v) is 7.49. The Labute approximate surface area is 194 Å². The van der Waals surface area contributed by atoms with E-state index in [1.807, 2.05) is 0 Å². The molecule has 0 unspecified atom stereocenters. The standard InChI is InChI=1S/C23H27ClN2O5S/c1-2-31-23(28)19-12-14-25(15-13-19)22(27)17-26(16-18-8-10-20(24)11-9-18)32(29,30)21-6-4-3-5-7-21/h3-11,19H,2,12-17H2,1H3. The van der Waals surface area contributed by atoms with E-state index >= 15 is 0 Å². The molecule has 1 heterocycles. The molecule has 1 fully saturated rings. The molecule has 0 aromatic heterocycles. The Bertz CT molecular complexity index is 1020. The topological polar surface area (TPSA) is 84.0 Å². The predicted molar refractivity (Wildman–Crippen MR) is 121 cm³/mol. The SMILES string of the molecule is CCOC(=O)C1CCN(C(=O)CN(Cc2ccc(Cl)cc2)S(=O)(=O)c2ccccc2)CC1. The molecular weight excluding hydrogens is 452 g/mol. The fourth-order valence-corrected chi connectivity index (χ4v) is 5.16. The lowest BCUT2D eigenvalue weighted by atomic mass is 9.97. The molecule has 0 spiro atoms. The molecule has 0 aliphatic carbocycles. The predicted octanol–water partition coefficient (Wildman–Crippen LogP) is 3.33. The van der Waals surface area contributed by atoms with Gasteiger partial charge in [0.05, 0.1) is 24.0 Å². The molecule has 0 bridgehead atoms. The van der Waals surface area contributed by atoms with Gasteiger partial charge in [-0.25, -0.2) is 8.42 Å². The van der Waals surface area contributed by atoms with Gasteiger partial charge in [0.2, 0.25) is 15.9 Å². The Morgan fingerprint density at radius 1 is 1.06 bits per heavy atom. The maximum atomic E-state index is 13.3. The Morgan fingerprint density at radius 2 is 1.69 bits per heavy atom. The largest absolute Gasteiger partial charge is 0.466 e. The molecule has 0 radical (unpaired) electrons. The summed E-state index contributed by atoms with van der Waals surface area (Å²) in [4.78, 5) is 26.7. The number of sulfonamides is 1. The van der Waals surface area contributed by atoms with Crippen molar-refractivity contribution in [3.05, 3.63) is 65.2 Å². The van der Waals surface area contributed by atoms with Crippen molar-refractivity contribution in [3.63, 3.8) is 0 Å². The van der Waals surface area contributed by atoms with E-state index in [2.05, 4.69) is 0 Å². The zero-order valence-corrected chi connectivity index (χ0v) is 19.5. The maximum Gasteiger partial charge on any atom is 0.309 e. The Kier molecular flexibility index (Phi) is 8.28. The maximum absolute atomic E-state index is 13.3. The lowest BCUT2D eigenvalue weighted by Crippen LogP contribution is -2.46. The highest BCUT2D eigenvalue weighted by molar-refractivity contribution is 7.89. The Balaban J connectivity index is 1.74. The number of rotatable bonds is 8. The Hall–Kier alpha value is -2.42. The minimum atomic E-state index is -3.90. The quantitative estimate of drug-likeness (QED) is 0.543. The average Bonchev–Trinajstić information content (AvgIpc) is 2.80. The molecule has 0 saturated carbocycles. The first-order chi connectivity index (χ1) is 15.3. The van der Waals surface area contributed by atoms with Gasteiger partial charge in [-0.05, 0) is 49.6 Å². The lowest BCUT2D eigenvalue weighted by molar-refractivity contribution is -0.151. The van der Waals surface area contributed by atoms with E-state index in [9.17, 15) is 18.0 Å². The van der Waals surface area contributed by atoms with Gasteiger partial charge < -0.3 is 9.64 Å². The normalized spacial score (nSPS) is 15.0. The van der Waals surface area contributed by atoms with Crippen molar-refractivity contribution >= 4 is 33.5 Å². The number of carbonyl (C=O) groups excluding carboxylic acids is 2. The summed E-state index contributed by atoms with van der Waals surface area (Å²) in [5.74, 6) is -0.756. The molecule has 1 saturated heterocycles. The molecular formula is C23H27ClN2O5S. The van der Waals surface area contributed by atoms with Crippen molar-refractivity contribution in [1.29, 1.82) is 0 Å². The molecule has 1 amide bonds. The van der Waals surface area contributed by atoms with Crippen LogP contribution in [0.3, 0.4) is 0 Å². The lowest BCUT2D eigenvalue weighted by Gasteiger charge is -2.32. The van der Waals surface area contributed by atoms with Crippen LogP contribution in [0.4, 0.5) is 0 Å². The van der Waals surface area contributed by atoms with Gasteiger partial charge in [0, 0.05) is 24.7 Å². The first-order valence-electron chi connectivity index (χ1n) is 10.6. The molecule has 0 N–H and O–H groups in total. The molecule has 7 nitrogen and oxygen atoms in total. The molecule has 1 aliphatic rings. The van der Waals surface area contributed by atoms with Gasteiger partial charge in [0.1, 0.15) is 0 Å². The number of piperidine rings is 1. The molecule has 9 heteroatoms. The summed E-state index contributed by atoms with van der Waals surface area (Å²) >= 11 is 5.95. The van der Waals surface area contributed by atoms with Gasteiger partial charge in [-0.1, -0.05) is 41.9 Å².